The van der Waals surface area contributed by atoms with Crippen LogP contribution in [0, 0.1) is 10.1 Å². The van der Waals surface area contributed by atoms with Gasteiger partial charge in [-0.1, -0.05) is 18.2 Å². The first-order chi connectivity index (χ1) is 11.0. The number of fused-ring (bicyclic) bond motifs is 1. The summed E-state index contributed by atoms with van der Waals surface area (Å²) in [4.78, 5) is 37.9. The molecule has 1 aromatic carbocycles. The van der Waals surface area contributed by atoms with Crippen LogP contribution in [0.4, 0.5) is 11.5 Å². The maximum absolute atomic E-state index is 12.2. The molecule has 0 aliphatic heterocycles. The number of hydrogen-bond acceptors (Lipinski definition) is 5. The maximum Gasteiger partial charge on any atom is 0.382 e. The van der Waals surface area contributed by atoms with E-state index in [1.807, 2.05) is 6.07 Å². The summed E-state index contributed by atoms with van der Waals surface area (Å²) in [5.41, 5.74) is -0.0707. The Hall–Kier alpha value is -3.49. The second-order valence-corrected chi connectivity index (χ2v) is 4.73. The quantitative estimate of drug-likeness (QED) is 0.571. The molecule has 3 rings (SSSR count). The summed E-state index contributed by atoms with van der Waals surface area (Å²) in [6.45, 7) is -0.217. The van der Waals surface area contributed by atoms with E-state index in [4.69, 9.17) is 0 Å². The smallest absolute Gasteiger partial charge is 0.358 e. The van der Waals surface area contributed by atoms with Crippen LogP contribution < -0.4 is 10.9 Å². The summed E-state index contributed by atoms with van der Waals surface area (Å²) in [6.07, 6.45) is 3.96. The molecule has 0 atom stereocenters. The normalized spacial score (nSPS) is 10.6. The van der Waals surface area contributed by atoms with Gasteiger partial charge < -0.3 is 15.4 Å². The number of nitrogens with one attached hydrogen (secondary N) is 1. The third-order valence-electron chi connectivity index (χ3n) is 3.14. The fourth-order valence-electron chi connectivity index (χ4n) is 2.09. The molecule has 0 fully saturated rings. The molecular formula is C14H11N5O4. The van der Waals surface area contributed by atoms with Gasteiger partial charge in [0.1, 0.15) is 12.7 Å². The van der Waals surface area contributed by atoms with Gasteiger partial charge in [0.05, 0.1) is 0 Å². The zero-order chi connectivity index (χ0) is 16.4. The highest BCUT2D eigenvalue weighted by molar-refractivity contribution is 5.90. The van der Waals surface area contributed by atoms with Crippen molar-refractivity contribution in [1.82, 2.24) is 14.0 Å². The molecule has 0 unspecified atom stereocenters. The molecule has 2 heterocycles. The lowest BCUT2D eigenvalue weighted by Crippen LogP contribution is -2.28. The van der Waals surface area contributed by atoms with Crippen LogP contribution in [0.1, 0.15) is 0 Å². The lowest BCUT2D eigenvalue weighted by Gasteiger charge is -2.06. The highest BCUT2D eigenvalue weighted by Gasteiger charge is 2.18. The van der Waals surface area contributed by atoms with E-state index in [0.29, 0.717) is 5.69 Å². The molecule has 0 saturated heterocycles. The van der Waals surface area contributed by atoms with Gasteiger partial charge in [-0.05, 0) is 22.0 Å². The zero-order valence-electron chi connectivity index (χ0n) is 11.7. The summed E-state index contributed by atoms with van der Waals surface area (Å²) in [5, 5.41) is 13.4. The van der Waals surface area contributed by atoms with Crippen LogP contribution in [-0.2, 0) is 11.3 Å². The third kappa shape index (κ3) is 2.93. The number of rotatable bonds is 4. The molecule has 116 valence electrons. The van der Waals surface area contributed by atoms with Crippen molar-refractivity contribution in [1.29, 1.82) is 0 Å². The molecule has 9 heteroatoms. The van der Waals surface area contributed by atoms with E-state index in [1.54, 1.807) is 24.3 Å². The molecular weight excluding hydrogens is 302 g/mol. The van der Waals surface area contributed by atoms with Gasteiger partial charge in [-0.25, -0.2) is 0 Å². The number of hydrogen-bond donors (Lipinski definition) is 1. The minimum atomic E-state index is -0.682. The van der Waals surface area contributed by atoms with Gasteiger partial charge >= 0.3 is 17.0 Å². The van der Waals surface area contributed by atoms with Gasteiger partial charge in [-0.2, -0.15) is 0 Å². The van der Waals surface area contributed by atoms with Crippen LogP contribution in [0.25, 0.3) is 5.65 Å². The Morgan fingerprint density at radius 1 is 1.26 bits per heavy atom. The van der Waals surface area contributed by atoms with Crippen LogP contribution in [0.5, 0.6) is 0 Å². The Balaban J connectivity index is 1.85. The Morgan fingerprint density at radius 3 is 2.70 bits per heavy atom. The minimum Gasteiger partial charge on any atom is -0.358 e. The fourth-order valence-corrected chi connectivity index (χ4v) is 2.09. The molecule has 0 aliphatic carbocycles. The number of imidazole rings is 1. The average Bonchev–Trinajstić information content (AvgIpc) is 2.96. The van der Waals surface area contributed by atoms with E-state index >= 15 is 0 Å². The van der Waals surface area contributed by atoms with Crippen molar-refractivity contribution in [3.05, 3.63) is 69.4 Å². The summed E-state index contributed by atoms with van der Waals surface area (Å²) < 4.78 is 2.40. The Kier molecular flexibility index (Phi) is 3.59. The van der Waals surface area contributed by atoms with Crippen LogP contribution in [0.15, 0.2) is 53.7 Å². The number of carbonyl (C=O) groups is 1. The predicted octanol–water partition coefficient (Wildman–Crippen LogP) is 1.04. The average molecular weight is 313 g/mol. The zero-order valence-corrected chi connectivity index (χ0v) is 11.7. The van der Waals surface area contributed by atoms with Gasteiger partial charge in [-0.15, -0.1) is 0 Å². The van der Waals surface area contributed by atoms with Crippen molar-refractivity contribution in [2.75, 3.05) is 5.32 Å². The van der Waals surface area contributed by atoms with E-state index in [-0.39, 0.29) is 18.1 Å². The molecule has 9 nitrogen and oxygen atoms in total. The van der Waals surface area contributed by atoms with Crippen molar-refractivity contribution in [2.45, 2.75) is 6.54 Å². The lowest BCUT2D eigenvalue weighted by atomic mass is 10.3. The monoisotopic (exact) mass is 313 g/mol. The first-order valence-corrected chi connectivity index (χ1v) is 6.62. The molecule has 0 saturated carbocycles. The molecule has 3 aromatic rings. The number of amides is 1. The van der Waals surface area contributed by atoms with Crippen LogP contribution >= 0.6 is 0 Å². The maximum atomic E-state index is 12.2. The molecule has 0 bridgehead atoms. The topological polar surface area (TPSA) is 112 Å². The summed E-state index contributed by atoms with van der Waals surface area (Å²) in [5.74, 6) is -0.808. The highest BCUT2D eigenvalue weighted by Crippen LogP contribution is 2.09. The molecule has 0 spiro atoms. The fraction of sp³-hybridized carbons (Fsp3) is 0.0714. The number of aromatic nitrogens is 3. The van der Waals surface area contributed by atoms with E-state index in [2.05, 4.69) is 10.3 Å². The van der Waals surface area contributed by atoms with Crippen LogP contribution in [0.3, 0.4) is 0 Å². The SMILES string of the molecule is O=C(Cn1ccn2cc([N+](=O)[O-])nc2c1=O)Nc1ccccc1. The first kappa shape index (κ1) is 14.4. The molecule has 0 radical (unpaired) electrons. The number of nitro groups is 1. The standard InChI is InChI=1S/C14H11N5O4/c20-12(15-10-4-2-1-3-5-10)9-18-7-6-17-8-11(19(22)23)16-13(17)14(18)21/h1-8H,9H2,(H,15,20). The van der Waals surface area contributed by atoms with Crippen molar-refractivity contribution < 1.29 is 9.72 Å². The van der Waals surface area contributed by atoms with Gasteiger partial charge in [0.25, 0.3) is 0 Å². The van der Waals surface area contributed by atoms with E-state index in [9.17, 15) is 19.7 Å². The Bertz CT molecular complexity index is 945. The van der Waals surface area contributed by atoms with E-state index < -0.39 is 16.3 Å². The Morgan fingerprint density at radius 2 is 2.00 bits per heavy atom. The van der Waals surface area contributed by atoms with E-state index in [1.165, 1.54) is 16.8 Å². The molecule has 2 aromatic heterocycles. The highest BCUT2D eigenvalue weighted by atomic mass is 16.6. The number of anilines is 1. The number of nitrogens with zero attached hydrogens (tertiary/aromatic N) is 4. The molecule has 1 N–H and O–H groups in total. The second-order valence-electron chi connectivity index (χ2n) is 4.73. The first-order valence-electron chi connectivity index (χ1n) is 6.62. The van der Waals surface area contributed by atoms with Gasteiger partial charge in [0, 0.05) is 18.1 Å². The van der Waals surface area contributed by atoms with Gasteiger partial charge in [-0.3, -0.25) is 18.6 Å². The molecule has 23 heavy (non-hydrogen) atoms. The van der Waals surface area contributed by atoms with Crippen molar-refractivity contribution in [3.63, 3.8) is 0 Å². The number of para-hydroxylation sites is 1. The predicted molar refractivity (Wildman–Crippen MR) is 81.2 cm³/mol. The van der Waals surface area contributed by atoms with Gasteiger partial charge in [0.2, 0.25) is 5.91 Å². The van der Waals surface area contributed by atoms with Crippen molar-refractivity contribution in [3.8, 4) is 0 Å². The molecule has 0 aliphatic rings. The van der Waals surface area contributed by atoms with E-state index in [0.717, 1.165) is 10.8 Å². The van der Waals surface area contributed by atoms with Gasteiger partial charge in [0.15, 0.2) is 0 Å². The minimum absolute atomic E-state index is 0.105. The van der Waals surface area contributed by atoms with Crippen LogP contribution in [0.2, 0.25) is 0 Å². The molecule has 1 amide bonds. The van der Waals surface area contributed by atoms with Crippen molar-refractivity contribution in [2.24, 2.45) is 0 Å². The number of carbonyl (C=O) groups excluding carboxylic acids is 1. The summed E-state index contributed by atoms with van der Waals surface area (Å²) in [7, 11) is 0. The van der Waals surface area contributed by atoms with Crippen molar-refractivity contribution >= 4 is 23.1 Å². The summed E-state index contributed by atoms with van der Waals surface area (Å²) in [6, 6.07) is 8.82. The van der Waals surface area contributed by atoms with Crippen LogP contribution in [-0.4, -0.2) is 24.8 Å². The second kappa shape index (κ2) is 5.72. The third-order valence-corrected chi connectivity index (χ3v) is 3.14. The largest absolute Gasteiger partial charge is 0.382 e. The Labute approximate surface area is 129 Å². The number of benzene rings is 1. The lowest BCUT2D eigenvalue weighted by molar-refractivity contribution is -0.389. The summed E-state index contributed by atoms with van der Waals surface area (Å²) >= 11 is 0.